The van der Waals surface area contributed by atoms with E-state index in [4.69, 9.17) is 11.6 Å². The molecule has 3 N–H and O–H groups in total. The van der Waals surface area contributed by atoms with E-state index in [0.29, 0.717) is 12.8 Å². The maximum Gasteiger partial charge on any atom is 0.255 e. The molecule has 2 aliphatic carbocycles. The Morgan fingerprint density at radius 1 is 1.11 bits per heavy atom. The SMILES string of the molecule is CC(C)(O)CC1(O)C2CCC1CC(S(=O)(=O)c1cc(C(=O)Nc3ccc(F)c(F)c3)ccc1Cl)C2. The number of aliphatic hydroxyl groups is 2. The molecule has 10 heteroatoms. The Kier molecular flexibility index (Phi) is 6.76. The number of amides is 1. The minimum Gasteiger partial charge on any atom is -0.390 e. The number of rotatable bonds is 6. The summed E-state index contributed by atoms with van der Waals surface area (Å²) in [6.45, 7) is 3.26. The Bertz CT molecular complexity index is 1250. The van der Waals surface area contributed by atoms with Crippen molar-refractivity contribution in [3.8, 4) is 0 Å². The van der Waals surface area contributed by atoms with E-state index in [1.54, 1.807) is 13.8 Å². The van der Waals surface area contributed by atoms with Crippen molar-refractivity contribution in [2.45, 2.75) is 67.3 Å². The zero-order chi connectivity index (χ0) is 25.8. The smallest absolute Gasteiger partial charge is 0.255 e. The van der Waals surface area contributed by atoms with Gasteiger partial charge in [0.25, 0.3) is 5.91 Å². The first-order valence-corrected chi connectivity index (χ1v) is 13.4. The molecule has 2 atom stereocenters. The summed E-state index contributed by atoms with van der Waals surface area (Å²) in [6.07, 6.45) is 1.98. The molecule has 0 aliphatic heterocycles. The predicted octanol–water partition coefficient (Wildman–Crippen LogP) is 4.72. The van der Waals surface area contributed by atoms with Crippen molar-refractivity contribution >= 4 is 33.0 Å². The summed E-state index contributed by atoms with van der Waals surface area (Å²) >= 11 is 6.25. The first kappa shape index (κ1) is 26.0. The number of benzene rings is 2. The van der Waals surface area contributed by atoms with Gasteiger partial charge in [-0.05, 0) is 81.7 Å². The Morgan fingerprint density at radius 3 is 2.31 bits per heavy atom. The number of hydrogen-bond donors (Lipinski definition) is 3. The molecule has 2 aromatic rings. The zero-order valence-electron chi connectivity index (χ0n) is 19.4. The van der Waals surface area contributed by atoms with Gasteiger partial charge in [0.2, 0.25) is 0 Å². The van der Waals surface area contributed by atoms with Crippen molar-refractivity contribution in [3.05, 3.63) is 58.6 Å². The van der Waals surface area contributed by atoms with Crippen LogP contribution >= 0.6 is 11.6 Å². The number of halogens is 3. The van der Waals surface area contributed by atoms with E-state index in [1.807, 2.05) is 0 Å². The van der Waals surface area contributed by atoms with Gasteiger partial charge in [0.1, 0.15) is 0 Å². The molecule has 0 heterocycles. The van der Waals surface area contributed by atoms with E-state index in [2.05, 4.69) is 5.32 Å². The van der Waals surface area contributed by atoms with Gasteiger partial charge in [-0.2, -0.15) is 0 Å². The van der Waals surface area contributed by atoms with Gasteiger partial charge in [-0.1, -0.05) is 11.6 Å². The third-order valence-electron chi connectivity index (χ3n) is 7.20. The van der Waals surface area contributed by atoms with Crippen LogP contribution in [-0.4, -0.2) is 41.0 Å². The average molecular weight is 528 g/mol. The number of carbonyl (C=O) groups is 1. The first-order chi connectivity index (χ1) is 16.2. The van der Waals surface area contributed by atoms with Crippen LogP contribution in [0.4, 0.5) is 14.5 Å². The highest BCUT2D eigenvalue weighted by Crippen LogP contribution is 2.54. The Morgan fingerprint density at radius 2 is 1.74 bits per heavy atom. The van der Waals surface area contributed by atoms with Crippen LogP contribution in [0.3, 0.4) is 0 Å². The van der Waals surface area contributed by atoms with Crippen LogP contribution in [0.5, 0.6) is 0 Å². The third kappa shape index (κ3) is 5.09. The Balaban J connectivity index is 1.58. The van der Waals surface area contributed by atoms with Crippen LogP contribution in [0.25, 0.3) is 0 Å². The fourth-order valence-electron chi connectivity index (χ4n) is 5.66. The summed E-state index contributed by atoms with van der Waals surface area (Å²) in [5.74, 6) is -3.43. The quantitative estimate of drug-likeness (QED) is 0.504. The normalized spacial score (nSPS) is 26.5. The lowest BCUT2D eigenvalue weighted by Crippen LogP contribution is -2.51. The van der Waals surface area contributed by atoms with E-state index in [0.717, 1.165) is 12.1 Å². The molecule has 0 aromatic heterocycles. The fourth-order valence-corrected chi connectivity index (χ4v) is 8.07. The third-order valence-corrected chi connectivity index (χ3v) is 9.86. The largest absolute Gasteiger partial charge is 0.390 e. The molecule has 4 rings (SSSR count). The fraction of sp³-hybridized carbons (Fsp3) is 0.480. The summed E-state index contributed by atoms with van der Waals surface area (Å²) in [4.78, 5) is 12.5. The van der Waals surface area contributed by atoms with E-state index in [-0.39, 0.29) is 52.3 Å². The molecule has 0 spiro atoms. The standard InChI is InChI=1S/C25H28ClF2NO5S/c1-24(2,31)13-25(32)15-4-5-16(25)11-18(10-15)35(33,34)22-9-14(3-7-19(22)26)23(30)29-17-6-8-20(27)21(28)12-17/h3,6-9,12,15-16,18,31-32H,4-5,10-11,13H2,1-2H3,(H,29,30). The summed E-state index contributed by atoms with van der Waals surface area (Å²) in [5, 5.41) is 23.2. The molecule has 2 unspecified atom stereocenters. The molecule has 2 aromatic carbocycles. The maximum absolute atomic E-state index is 13.6. The minimum atomic E-state index is -3.95. The number of hydrogen-bond acceptors (Lipinski definition) is 5. The zero-order valence-corrected chi connectivity index (χ0v) is 21.0. The number of sulfone groups is 1. The minimum absolute atomic E-state index is 0.00461. The molecule has 190 valence electrons. The topological polar surface area (TPSA) is 104 Å². The van der Waals surface area contributed by atoms with Gasteiger partial charge in [-0.25, -0.2) is 17.2 Å². The lowest BCUT2D eigenvalue weighted by Gasteiger charge is -2.45. The lowest BCUT2D eigenvalue weighted by atomic mass is 9.69. The highest BCUT2D eigenvalue weighted by atomic mass is 35.5. The monoisotopic (exact) mass is 527 g/mol. The molecule has 35 heavy (non-hydrogen) atoms. The van der Waals surface area contributed by atoms with Gasteiger partial charge in [0.05, 0.1) is 26.4 Å². The summed E-state index contributed by atoms with van der Waals surface area (Å²) in [7, 11) is -3.95. The summed E-state index contributed by atoms with van der Waals surface area (Å²) in [5.41, 5.74) is -2.20. The second kappa shape index (κ2) is 9.10. The maximum atomic E-state index is 13.6. The molecule has 2 aliphatic rings. The number of anilines is 1. The van der Waals surface area contributed by atoms with Crippen molar-refractivity contribution in [1.82, 2.24) is 0 Å². The predicted molar refractivity (Wildman–Crippen MR) is 128 cm³/mol. The van der Waals surface area contributed by atoms with E-state index in [9.17, 15) is 32.2 Å². The molecule has 0 radical (unpaired) electrons. The molecule has 2 fully saturated rings. The van der Waals surface area contributed by atoms with Crippen LogP contribution in [0.1, 0.15) is 56.3 Å². The van der Waals surface area contributed by atoms with Gasteiger partial charge >= 0.3 is 0 Å². The second-order valence-corrected chi connectivity index (χ2v) is 12.9. The van der Waals surface area contributed by atoms with Crippen LogP contribution in [-0.2, 0) is 9.84 Å². The molecule has 1 amide bonds. The van der Waals surface area contributed by atoms with Gasteiger partial charge in [-0.15, -0.1) is 0 Å². The second-order valence-electron chi connectivity index (χ2n) is 10.3. The Hall–Kier alpha value is -2.07. The molecule has 2 saturated carbocycles. The van der Waals surface area contributed by atoms with Crippen molar-refractivity contribution in [3.63, 3.8) is 0 Å². The number of nitrogens with one attached hydrogen (secondary N) is 1. The van der Waals surface area contributed by atoms with E-state index >= 15 is 0 Å². The molecular weight excluding hydrogens is 500 g/mol. The molecular formula is C25H28ClF2NO5S. The van der Waals surface area contributed by atoms with Gasteiger partial charge in [0, 0.05) is 23.7 Å². The number of carbonyl (C=O) groups excluding carboxylic acids is 1. The van der Waals surface area contributed by atoms with Crippen molar-refractivity contribution in [1.29, 1.82) is 0 Å². The summed E-state index contributed by atoms with van der Waals surface area (Å²) in [6, 6.07) is 6.75. The molecule has 0 saturated heterocycles. The van der Waals surface area contributed by atoms with Crippen LogP contribution in [0, 0.1) is 23.5 Å². The van der Waals surface area contributed by atoms with Crippen molar-refractivity contribution in [2.75, 3.05) is 5.32 Å². The van der Waals surface area contributed by atoms with Gasteiger partial charge in [-0.3, -0.25) is 4.79 Å². The highest BCUT2D eigenvalue weighted by Gasteiger charge is 2.56. The molecule has 2 bridgehead atoms. The molecule has 6 nitrogen and oxygen atoms in total. The van der Waals surface area contributed by atoms with Crippen LogP contribution < -0.4 is 5.32 Å². The Labute approximate surface area is 208 Å². The van der Waals surface area contributed by atoms with E-state index < -0.39 is 43.8 Å². The van der Waals surface area contributed by atoms with Crippen molar-refractivity contribution in [2.24, 2.45) is 11.8 Å². The summed E-state index contributed by atoms with van der Waals surface area (Å²) < 4.78 is 53.8. The highest BCUT2D eigenvalue weighted by molar-refractivity contribution is 7.92. The average Bonchev–Trinajstić information content (AvgIpc) is 2.92. The lowest BCUT2D eigenvalue weighted by molar-refractivity contribution is -0.109. The van der Waals surface area contributed by atoms with Gasteiger partial charge < -0.3 is 15.5 Å². The van der Waals surface area contributed by atoms with Crippen molar-refractivity contribution < 1.29 is 32.2 Å². The number of fused-ring (bicyclic) bond motifs is 2. The van der Waals surface area contributed by atoms with Crippen LogP contribution in [0.15, 0.2) is 41.3 Å². The first-order valence-electron chi connectivity index (χ1n) is 11.5. The van der Waals surface area contributed by atoms with Gasteiger partial charge in [0.15, 0.2) is 21.5 Å². The van der Waals surface area contributed by atoms with E-state index in [1.165, 1.54) is 24.3 Å². The van der Waals surface area contributed by atoms with Crippen LogP contribution in [0.2, 0.25) is 5.02 Å².